The van der Waals surface area contributed by atoms with Crippen LogP contribution < -0.4 is 10.6 Å². The van der Waals surface area contributed by atoms with Crippen molar-refractivity contribution in [3.63, 3.8) is 0 Å². The third-order valence-electron chi connectivity index (χ3n) is 3.22. The fourth-order valence-electron chi connectivity index (χ4n) is 2.47. The van der Waals surface area contributed by atoms with Crippen LogP contribution in [0.25, 0.3) is 0 Å². The molecule has 1 saturated heterocycles. The summed E-state index contributed by atoms with van der Waals surface area (Å²) in [7, 11) is 0. The molecule has 2 rings (SSSR count). The highest BCUT2D eigenvalue weighted by Crippen LogP contribution is 2.32. The van der Waals surface area contributed by atoms with E-state index in [0.29, 0.717) is 5.56 Å². The number of nitrogens with two attached hydrogens (primary N) is 1. The number of nitriles is 1. The van der Waals surface area contributed by atoms with Gasteiger partial charge in [-0.25, -0.2) is 0 Å². The van der Waals surface area contributed by atoms with E-state index in [1.54, 1.807) is 0 Å². The summed E-state index contributed by atoms with van der Waals surface area (Å²) in [4.78, 5) is 2.32. The molecule has 2 N–H and O–H groups in total. The smallest absolute Gasteiger partial charge is 0.0991 e. The average Bonchev–Trinajstić information content (AvgIpc) is 2.52. The zero-order valence-corrected chi connectivity index (χ0v) is 9.77. The Morgan fingerprint density at radius 3 is 2.44 bits per heavy atom. The number of benzene rings is 1. The fraction of sp³-hybridized carbons (Fsp3) is 0.462. The van der Waals surface area contributed by atoms with Gasteiger partial charge in [-0.05, 0) is 44.5 Å². The van der Waals surface area contributed by atoms with Crippen LogP contribution in [-0.4, -0.2) is 18.1 Å². The second kappa shape index (κ2) is 3.80. The van der Waals surface area contributed by atoms with E-state index in [2.05, 4.69) is 24.8 Å². The van der Waals surface area contributed by atoms with Crippen molar-refractivity contribution in [1.82, 2.24) is 0 Å². The van der Waals surface area contributed by atoms with Crippen LogP contribution in [-0.2, 0) is 0 Å². The molecule has 1 unspecified atom stereocenters. The molecule has 16 heavy (non-hydrogen) atoms. The molecule has 1 atom stereocenters. The molecule has 0 radical (unpaired) electrons. The van der Waals surface area contributed by atoms with E-state index in [9.17, 15) is 0 Å². The van der Waals surface area contributed by atoms with E-state index >= 15 is 0 Å². The van der Waals surface area contributed by atoms with Crippen molar-refractivity contribution >= 4 is 5.69 Å². The first-order valence-corrected chi connectivity index (χ1v) is 5.56. The summed E-state index contributed by atoms with van der Waals surface area (Å²) in [6.45, 7) is 5.30. The van der Waals surface area contributed by atoms with E-state index < -0.39 is 0 Å². The third-order valence-corrected chi connectivity index (χ3v) is 3.22. The van der Waals surface area contributed by atoms with E-state index in [4.69, 9.17) is 11.0 Å². The number of hydrogen-bond donors (Lipinski definition) is 1. The molecule has 0 bridgehead atoms. The van der Waals surface area contributed by atoms with Crippen molar-refractivity contribution in [2.24, 2.45) is 5.73 Å². The minimum atomic E-state index is 0.105. The van der Waals surface area contributed by atoms with Crippen LogP contribution in [0.1, 0.15) is 25.8 Å². The van der Waals surface area contributed by atoms with Gasteiger partial charge in [-0.15, -0.1) is 0 Å². The topological polar surface area (TPSA) is 53.0 Å². The van der Waals surface area contributed by atoms with Gasteiger partial charge in [0.1, 0.15) is 0 Å². The van der Waals surface area contributed by atoms with Crippen LogP contribution >= 0.6 is 0 Å². The molecule has 0 amide bonds. The highest BCUT2D eigenvalue weighted by molar-refractivity contribution is 5.53. The normalized spacial score (nSPS) is 23.1. The Bertz CT molecular complexity index is 414. The highest BCUT2D eigenvalue weighted by Gasteiger charge is 2.36. The molecule has 3 nitrogen and oxygen atoms in total. The predicted molar refractivity (Wildman–Crippen MR) is 65.2 cm³/mol. The first kappa shape index (κ1) is 11.0. The molecule has 1 heterocycles. The fourth-order valence-corrected chi connectivity index (χ4v) is 2.47. The summed E-state index contributed by atoms with van der Waals surface area (Å²) in [6, 6.07) is 10.1. The third kappa shape index (κ3) is 1.89. The van der Waals surface area contributed by atoms with Crippen molar-refractivity contribution in [3.05, 3.63) is 29.8 Å². The van der Waals surface area contributed by atoms with Crippen molar-refractivity contribution in [2.75, 3.05) is 11.4 Å². The molecule has 1 aliphatic rings. The summed E-state index contributed by atoms with van der Waals surface area (Å²) < 4.78 is 0. The van der Waals surface area contributed by atoms with E-state index in [1.807, 2.05) is 24.3 Å². The van der Waals surface area contributed by atoms with Crippen LogP contribution in [0.3, 0.4) is 0 Å². The number of hydrogen-bond acceptors (Lipinski definition) is 3. The van der Waals surface area contributed by atoms with Gasteiger partial charge in [0.2, 0.25) is 0 Å². The number of rotatable bonds is 1. The second-order valence-electron chi connectivity index (χ2n) is 5.05. The quantitative estimate of drug-likeness (QED) is 0.778. The Morgan fingerprint density at radius 1 is 1.38 bits per heavy atom. The zero-order valence-electron chi connectivity index (χ0n) is 9.77. The summed E-state index contributed by atoms with van der Waals surface area (Å²) in [5.41, 5.74) is 7.95. The molecule has 0 aliphatic carbocycles. The lowest BCUT2D eigenvalue weighted by atomic mass is 10.00. The SMILES string of the molecule is CC1(C)CC(N)CN1c1ccc(C#N)cc1. The van der Waals surface area contributed by atoms with Crippen molar-refractivity contribution in [1.29, 1.82) is 5.26 Å². The maximum Gasteiger partial charge on any atom is 0.0991 e. The summed E-state index contributed by atoms with van der Waals surface area (Å²) in [5.74, 6) is 0. The van der Waals surface area contributed by atoms with Crippen LogP contribution in [0.5, 0.6) is 0 Å². The average molecular weight is 215 g/mol. The lowest BCUT2D eigenvalue weighted by Gasteiger charge is -2.33. The molecule has 0 aromatic heterocycles. The van der Waals surface area contributed by atoms with Gasteiger partial charge in [-0.2, -0.15) is 5.26 Å². The van der Waals surface area contributed by atoms with Crippen LogP contribution in [0.15, 0.2) is 24.3 Å². The molecular weight excluding hydrogens is 198 g/mol. The molecule has 1 aromatic rings. The van der Waals surface area contributed by atoms with Gasteiger partial charge in [0.15, 0.2) is 0 Å². The largest absolute Gasteiger partial charge is 0.365 e. The van der Waals surface area contributed by atoms with Crippen LogP contribution in [0, 0.1) is 11.3 Å². The molecule has 0 saturated carbocycles. The van der Waals surface area contributed by atoms with E-state index in [0.717, 1.165) is 18.7 Å². The van der Waals surface area contributed by atoms with E-state index in [-0.39, 0.29) is 11.6 Å². The van der Waals surface area contributed by atoms with Gasteiger partial charge >= 0.3 is 0 Å². The molecule has 3 heteroatoms. The molecular formula is C13H17N3. The van der Waals surface area contributed by atoms with Crippen LogP contribution in [0.2, 0.25) is 0 Å². The summed E-state index contributed by atoms with van der Waals surface area (Å²) in [5, 5.41) is 8.75. The highest BCUT2D eigenvalue weighted by atomic mass is 15.2. The molecule has 1 aliphatic heterocycles. The van der Waals surface area contributed by atoms with Gasteiger partial charge in [0, 0.05) is 23.8 Å². The standard InChI is InChI=1S/C13H17N3/c1-13(2)7-11(15)9-16(13)12-5-3-10(8-14)4-6-12/h3-6,11H,7,9,15H2,1-2H3. The Balaban J connectivity index is 2.27. The van der Waals surface area contributed by atoms with Crippen LogP contribution in [0.4, 0.5) is 5.69 Å². The maximum absolute atomic E-state index is 8.75. The molecule has 1 fully saturated rings. The lowest BCUT2D eigenvalue weighted by Crippen LogP contribution is -2.38. The monoisotopic (exact) mass is 215 g/mol. The van der Waals surface area contributed by atoms with E-state index in [1.165, 1.54) is 0 Å². The van der Waals surface area contributed by atoms with Gasteiger partial charge in [0.05, 0.1) is 11.6 Å². The summed E-state index contributed by atoms with van der Waals surface area (Å²) in [6.07, 6.45) is 1.01. The Morgan fingerprint density at radius 2 is 2.00 bits per heavy atom. The first-order valence-electron chi connectivity index (χ1n) is 5.56. The Kier molecular flexibility index (Phi) is 2.61. The number of nitrogens with zero attached hydrogens (tertiary/aromatic N) is 2. The first-order chi connectivity index (χ1) is 7.53. The number of anilines is 1. The maximum atomic E-state index is 8.75. The lowest BCUT2D eigenvalue weighted by molar-refractivity contribution is 0.506. The molecule has 1 aromatic carbocycles. The second-order valence-corrected chi connectivity index (χ2v) is 5.05. The minimum Gasteiger partial charge on any atom is -0.365 e. The van der Waals surface area contributed by atoms with Crippen molar-refractivity contribution < 1.29 is 0 Å². The van der Waals surface area contributed by atoms with Gasteiger partial charge in [0.25, 0.3) is 0 Å². The van der Waals surface area contributed by atoms with Crippen molar-refractivity contribution in [3.8, 4) is 6.07 Å². The van der Waals surface area contributed by atoms with Gasteiger partial charge < -0.3 is 10.6 Å². The zero-order chi connectivity index (χ0) is 11.8. The van der Waals surface area contributed by atoms with Gasteiger partial charge in [-0.1, -0.05) is 0 Å². The predicted octanol–water partition coefficient (Wildman–Crippen LogP) is 1.87. The minimum absolute atomic E-state index is 0.105. The molecule has 84 valence electrons. The molecule has 0 spiro atoms. The van der Waals surface area contributed by atoms with Gasteiger partial charge in [-0.3, -0.25) is 0 Å². The summed E-state index contributed by atoms with van der Waals surface area (Å²) >= 11 is 0. The Labute approximate surface area is 96.5 Å². The van der Waals surface area contributed by atoms with Crippen molar-refractivity contribution in [2.45, 2.75) is 31.8 Å². The Hall–Kier alpha value is -1.53.